The van der Waals surface area contributed by atoms with Crippen LogP contribution in [0.4, 0.5) is 0 Å². The number of amides is 1. The minimum Gasteiger partial charge on any atom is -0.464 e. The summed E-state index contributed by atoms with van der Waals surface area (Å²) in [6.45, 7) is 8.33. The van der Waals surface area contributed by atoms with Crippen molar-refractivity contribution in [2.75, 3.05) is 13.1 Å². The van der Waals surface area contributed by atoms with Crippen molar-refractivity contribution in [1.82, 2.24) is 4.90 Å². The van der Waals surface area contributed by atoms with Crippen LogP contribution in [0.25, 0.3) is 11.0 Å². The summed E-state index contributed by atoms with van der Waals surface area (Å²) in [5.74, 6) is 1.01. The van der Waals surface area contributed by atoms with Gasteiger partial charge in [-0.15, -0.1) is 0 Å². The van der Waals surface area contributed by atoms with E-state index in [1.807, 2.05) is 6.07 Å². The number of carbonyl (C=O) groups excluding carboxylic acids is 1. The third kappa shape index (κ3) is 1.98. The largest absolute Gasteiger partial charge is 0.464 e. The second-order valence-electron chi connectivity index (χ2n) is 7.28. The first-order chi connectivity index (χ1) is 10.5. The molecular weight excluding hydrogens is 274 g/mol. The van der Waals surface area contributed by atoms with Gasteiger partial charge >= 0.3 is 0 Å². The topological polar surface area (TPSA) is 33.5 Å². The summed E-state index contributed by atoms with van der Waals surface area (Å²) >= 11 is 0. The second-order valence-corrected chi connectivity index (χ2v) is 7.28. The highest BCUT2D eigenvalue weighted by atomic mass is 16.3. The molecule has 1 amide bonds. The second kappa shape index (κ2) is 4.61. The molecule has 3 nitrogen and oxygen atoms in total. The van der Waals surface area contributed by atoms with Crippen molar-refractivity contribution in [2.45, 2.75) is 40.0 Å². The SMILES string of the molecule is CCC12CC1CN(C(=O)Cc1coc3cc(C)cc(C)c13)C2. The van der Waals surface area contributed by atoms with Gasteiger partial charge in [-0.1, -0.05) is 13.0 Å². The number of likely N-dealkylation sites (tertiary alicyclic amines) is 1. The fourth-order valence-electron chi connectivity index (χ4n) is 4.36. The Kier molecular flexibility index (Phi) is 2.91. The van der Waals surface area contributed by atoms with Crippen molar-refractivity contribution < 1.29 is 9.21 Å². The lowest BCUT2D eigenvalue weighted by Crippen LogP contribution is -2.33. The highest BCUT2D eigenvalue weighted by molar-refractivity contribution is 5.90. The van der Waals surface area contributed by atoms with E-state index < -0.39 is 0 Å². The lowest BCUT2D eigenvalue weighted by molar-refractivity contribution is -0.130. The summed E-state index contributed by atoms with van der Waals surface area (Å²) in [5.41, 5.74) is 4.78. The van der Waals surface area contributed by atoms with Gasteiger partial charge in [-0.25, -0.2) is 0 Å². The molecule has 116 valence electrons. The van der Waals surface area contributed by atoms with Crippen molar-refractivity contribution in [3.8, 4) is 0 Å². The van der Waals surface area contributed by atoms with Gasteiger partial charge in [0.05, 0.1) is 12.7 Å². The van der Waals surface area contributed by atoms with Crippen LogP contribution in [0.5, 0.6) is 0 Å². The maximum absolute atomic E-state index is 12.6. The van der Waals surface area contributed by atoms with Gasteiger partial charge in [0, 0.05) is 24.0 Å². The van der Waals surface area contributed by atoms with Crippen LogP contribution in [0.3, 0.4) is 0 Å². The van der Waals surface area contributed by atoms with Crippen molar-refractivity contribution >= 4 is 16.9 Å². The van der Waals surface area contributed by atoms with Gasteiger partial charge in [-0.05, 0) is 55.2 Å². The zero-order valence-corrected chi connectivity index (χ0v) is 13.6. The number of carbonyl (C=O) groups is 1. The summed E-state index contributed by atoms with van der Waals surface area (Å²) < 4.78 is 5.67. The van der Waals surface area contributed by atoms with Crippen molar-refractivity contribution in [3.63, 3.8) is 0 Å². The molecule has 0 N–H and O–H groups in total. The molecule has 2 heterocycles. The smallest absolute Gasteiger partial charge is 0.227 e. The minimum absolute atomic E-state index is 0.253. The first kappa shape index (κ1) is 13.9. The van der Waals surface area contributed by atoms with Gasteiger partial charge < -0.3 is 9.32 Å². The van der Waals surface area contributed by atoms with Crippen LogP contribution in [-0.2, 0) is 11.2 Å². The third-order valence-corrected chi connectivity index (χ3v) is 5.80. The Balaban J connectivity index is 1.56. The van der Waals surface area contributed by atoms with E-state index in [1.165, 1.54) is 24.0 Å². The summed E-state index contributed by atoms with van der Waals surface area (Å²) in [7, 11) is 0. The maximum Gasteiger partial charge on any atom is 0.227 e. The Labute approximate surface area is 131 Å². The molecule has 3 heteroatoms. The maximum atomic E-state index is 12.6. The van der Waals surface area contributed by atoms with Gasteiger partial charge in [-0.3, -0.25) is 4.79 Å². The molecule has 4 rings (SSSR count). The van der Waals surface area contributed by atoms with Crippen LogP contribution in [0.1, 0.15) is 36.5 Å². The number of piperidine rings is 1. The predicted octanol–water partition coefficient (Wildman–Crippen LogP) is 3.85. The molecule has 2 unspecified atom stereocenters. The molecule has 1 saturated heterocycles. The summed E-state index contributed by atoms with van der Waals surface area (Å²) in [5, 5.41) is 1.12. The molecule has 2 aromatic rings. The van der Waals surface area contributed by atoms with E-state index in [9.17, 15) is 4.79 Å². The Hall–Kier alpha value is -1.77. The van der Waals surface area contributed by atoms with Crippen LogP contribution in [0.2, 0.25) is 0 Å². The first-order valence-corrected chi connectivity index (χ1v) is 8.27. The lowest BCUT2D eigenvalue weighted by atomic mass is 10.0. The van der Waals surface area contributed by atoms with E-state index in [4.69, 9.17) is 4.42 Å². The molecule has 0 radical (unpaired) electrons. The number of rotatable bonds is 3. The molecule has 1 saturated carbocycles. The molecule has 2 atom stereocenters. The zero-order chi connectivity index (χ0) is 15.5. The minimum atomic E-state index is 0.253. The fraction of sp³-hybridized carbons (Fsp3) is 0.526. The number of aryl methyl sites for hydroxylation is 2. The lowest BCUT2D eigenvalue weighted by Gasteiger charge is -2.20. The molecule has 0 bridgehead atoms. The fourth-order valence-corrected chi connectivity index (χ4v) is 4.36. The third-order valence-electron chi connectivity index (χ3n) is 5.80. The van der Waals surface area contributed by atoms with Crippen LogP contribution in [0.15, 0.2) is 22.8 Å². The predicted molar refractivity (Wildman–Crippen MR) is 86.8 cm³/mol. The Bertz CT molecular complexity index is 756. The highest BCUT2D eigenvalue weighted by Gasteiger charge is 2.59. The molecule has 2 fully saturated rings. The summed E-state index contributed by atoms with van der Waals surface area (Å²) in [4.78, 5) is 14.7. The number of hydrogen-bond donors (Lipinski definition) is 0. The molecule has 1 aromatic carbocycles. The zero-order valence-electron chi connectivity index (χ0n) is 13.6. The number of hydrogen-bond acceptors (Lipinski definition) is 2. The normalized spacial score (nSPS) is 26.5. The van der Waals surface area contributed by atoms with Crippen molar-refractivity contribution in [2.24, 2.45) is 11.3 Å². The number of furan rings is 1. The average Bonchev–Trinajstić information content (AvgIpc) is 2.83. The Morgan fingerprint density at radius 2 is 2.23 bits per heavy atom. The molecule has 1 aromatic heterocycles. The Morgan fingerprint density at radius 3 is 2.95 bits per heavy atom. The van der Waals surface area contributed by atoms with Gasteiger partial charge in [0.15, 0.2) is 0 Å². The van der Waals surface area contributed by atoms with Crippen LogP contribution < -0.4 is 0 Å². The van der Waals surface area contributed by atoms with Gasteiger partial charge in [0.1, 0.15) is 5.58 Å². The number of fused-ring (bicyclic) bond motifs is 2. The van der Waals surface area contributed by atoms with E-state index >= 15 is 0 Å². The van der Waals surface area contributed by atoms with E-state index in [-0.39, 0.29) is 5.91 Å². The molecule has 2 aliphatic rings. The standard InChI is InChI=1S/C19H23NO2/c1-4-19-8-15(19)9-20(11-19)17(21)7-14-10-22-16-6-12(2)5-13(3)18(14)16/h5-6,10,15H,4,7-9,11H2,1-3H3. The van der Waals surface area contributed by atoms with Crippen LogP contribution in [-0.4, -0.2) is 23.9 Å². The highest BCUT2D eigenvalue weighted by Crippen LogP contribution is 2.59. The van der Waals surface area contributed by atoms with E-state index in [0.717, 1.165) is 35.5 Å². The number of benzene rings is 1. The van der Waals surface area contributed by atoms with Gasteiger partial charge in [-0.2, -0.15) is 0 Å². The van der Waals surface area contributed by atoms with E-state index in [0.29, 0.717) is 11.8 Å². The quantitative estimate of drug-likeness (QED) is 0.862. The molecule has 22 heavy (non-hydrogen) atoms. The molecule has 0 spiro atoms. The average molecular weight is 297 g/mol. The van der Waals surface area contributed by atoms with Crippen molar-refractivity contribution in [1.29, 1.82) is 0 Å². The first-order valence-electron chi connectivity index (χ1n) is 8.27. The van der Waals surface area contributed by atoms with Crippen LogP contribution in [0, 0.1) is 25.2 Å². The van der Waals surface area contributed by atoms with Gasteiger partial charge in [0.2, 0.25) is 5.91 Å². The monoisotopic (exact) mass is 297 g/mol. The summed E-state index contributed by atoms with van der Waals surface area (Å²) in [6, 6.07) is 4.20. The van der Waals surface area contributed by atoms with Gasteiger partial charge in [0.25, 0.3) is 0 Å². The van der Waals surface area contributed by atoms with E-state index in [2.05, 4.69) is 31.7 Å². The van der Waals surface area contributed by atoms with E-state index in [1.54, 1.807) is 6.26 Å². The molecular formula is C19H23NO2. The van der Waals surface area contributed by atoms with Crippen LogP contribution >= 0.6 is 0 Å². The number of nitrogens with zero attached hydrogens (tertiary/aromatic N) is 1. The Morgan fingerprint density at radius 1 is 1.41 bits per heavy atom. The summed E-state index contributed by atoms with van der Waals surface area (Å²) in [6.07, 6.45) is 4.75. The van der Waals surface area contributed by atoms with Crippen molar-refractivity contribution in [3.05, 3.63) is 35.1 Å². The molecule has 1 aliphatic carbocycles. The molecule has 1 aliphatic heterocycles.